The fourth-order valence-corrected chi connectivity index (χ4v) is 3.35. The van der Waals surface area contributed by atoms with E-state index in [0.29, 0.717) is 12.1 Å². The summed E-state index contributed by atoms with van der Waals surface area (Å²) < 4.78 is 2.16. The molecule has 4 nitrogen and oxygen atoms in total. The maximum absolute atomic E-state index is 4.59. The molecule has 0 radical (unpaired) electrons. The second kappa shape index (κ2) is 7.41. The van der Waals surface area contributed by atoms with Crippen LogP contribution in [0.25, 0.3) is 0 Å². The summed E-state index contributed by atoms with van der Waals surface area (Å²) in [5, 5.41) is 8.35. The van der Waals surface area contributed by atoms with Gasteiger partial charge in [-0.3, -0.25) is 9.58 Å². The van der Waals surface area contributed by atoms with Gasteiger partial charge in [0.15, 0.2) is 0 Å². The van der Waals surface area contributed by atoms with Gasteiger partial charge in [0.05, 0.1) is 11.4 Å². The topological polar surface area (TPSA) is 33.1 Å². The van der Waals surface area contributed by atoms with E-state index < -0.39 is 0 Å². The molecule has 1 fully saturated rings. The number of nitrogens with zero attached hydrogens (tertiary/aromatic N) is 3. The average molecular weight is 292 g/mol. The van der Waals surface area contributed by atoms with Crippen LogP contribution < -0.4 is 5.32 Å². The lowest BCUT2D eigenvalue weighted by Gasteiger charge is -2.42. The fraction of sp³-hybridized carbons (Fsp3) is 0.824. The summed E-state index contributed by atoms with van der Waals surface area (Å²) in [6.45, 7) is 15.5. The van der Waals surface area contributed by atoms with Crippen LogP contribution >= 0.6 is 0 Å². The van der Waals surface area contributed by atoms with Crippen molar-refractivity contribution in [3.63, 3.8) is 0 Å². The molecule has 0 amide bonds. The minimum atomic E-state index is 0.622. The van der Waals surface area contributed by atoms with Crippen molar-refractivity contribution >= 4 is 0 Å². The number of piperazine rings is 1. The van der Waals surface area contributed by atoms with Crippen LogP contribution in [0.3, 0.4) is 0 Å². The number of aromatic nitrogens is 2. The Bertz CT molecular complexity index is 440. The van der Waals surface area contributed by atoms with Crippen molar-refractivity contribution in [1.29, 1.82) is 0 Å². The molecular formula is C17H32N4. The first-order valence-electron chi connectivity index (χ1n) is 8.59. The zero-order valence-corrected chi connectivity index (χ0v) is 14.4. The van der Waals surface area contributed by atoms with Crippen LogP contribution in [0, 0.1) is 12.8 Å². The van der Waals surface area contributed by atoms with Gasteiger partial charge in [-0.15, -0.1) is 0 Å². The van der Waals surface area contributed by atoms with Gasteiger partial charge in [-0.25, -0.2) is 0 Å². The zero-order chi connectivity index (χ0) is 15.4. The lowest BCUT2D eigenvalue weighted by Crippen LogP contribution is -2.57. The number of rotatable bonds is 6. The number of aryl methyl sites for hydroxylation is 2. The Morgan fingerprint density at radius 2 is 2.14 bits per heavy atom. The Morgan fingerprint density at radius 3 is 2.76 bits per heavy atom. The maximum Gasteiger partial charge on any atom is 0.0597 e. The molecule has 2 heterocycles. The van der Waals surface area contributed by atoms with Crippen LogP contribution in [0.5, 0.6) is 0 Å². The molecule has 4 heteroatoms. The van der Waals surface area contributed by atoms with Gasteiger partial charge < -0.3 is 5.32 Å². The predicted octanol–water partition coefficient (Wildman–Crippen LogP) is 2.81. The van der Waals surface area contributed by atoms with Gasteiger partial charge in [-0.05, 0) is 32.3 Å². The van der Waals surface area contributed by atoms with E-state index in [4.69, 9.17) is 0 Å². The van der Waals surface area contributed by atoms with E-state index in [9.17, 15) is 0 Å². The Balaban J connectivity index is 2.10. The van der Waals surface area contributed by atoms with Gasteiger partial charge in [0.2, 0.25) is 0 Å². The lowest BCUT2D eigenvalue weighted by molar-refractivity contribution is 0.0966. The van der Waals surface area contributed by atoms with Crippen molar-refractivity contribution in [3.8, 4) is 0 Å². The third-order valence-corrected chi connectivity index (χ3v) is 5.02. The van der Waals surface area contributed by atoms with Gasteiger partial charge in [-0.1, -0.05) is 27.2 Å². The maximum atomic E-state index is 4.59. The van der Waals surface area contributed by atoms with E-state index in [1.54, 1.807) is 0 Å². The summed E-state index contributed by atoms with van der Waals surface area (Å²) in [5.41, 5.74) is 2.49. The number of nitrogens with one attached hydrogen (secondary N) is 1. The summed E-state index contributed by atoms with van der Waals surface area (Å²) in [5.74, 6) is 0.739. The van der Waals surface area contributed by atoms with Crippen LogP contribution in [-0.2, 0) is 13.1 Å². The Labute approximate surface area is 129 Å². The highest BCUT2D eigenvalue weighted by Crippen LogP contribution is 2.20. The van der Waals surface area contributed by atoms with Crippen molar-refractivity contribution in [3.05, 3.63) is 17.5 Å². The molecule has 21 heavy (non-hydrogen) atoms. The van der Waals surface area contributed by atoms with Crippen LogP contribution in [0.4, 0.5) is 0 Å². The van der Waals surface area contributed by atoms with Crippen LogP contribution in [0.2, 0.25) is 0 Å². The summed E-state index contributed by atoms with van der Waals surface area (Å²) in [4.78, 5) is 2.66. The van der Waals surface area contributed by atoms with Gasteiger partial charge in [0.1, 0.15) is 0 Å². The van der Waals surface area contributed by atoms with E-state index in [2.05, 4.69) is 60.7 Å². The molecule has 0 bridgehead atoms. The summed E-state index contributed by atoms with van der Waals surface area (Å²) in [6, 6.07) is 3.51. The van der Waals surface area contributed by atoms with E-state index in [1.165, 1.54) is 18.5 Å². The fourth-order valence-electron chi connectivity index (χ4n) is 3.35. The summed E-state index contributed by atoms with van der Waals surface area (Å²) in [6.07, 6.45) is 2.45. The summed E-state index contributed by atoms with van der Waals surface area (Å²) in [7, 11) is 0. The smallest absolute Gasteiger partial charge is 0.0597 e. The van der Waals surface area contributed by atoms with Crippen LogP contribution in [0.1, 0.15) is 51.9 Å². The Hall–Kier alpha value is -0.870. The highest BCUT2D eigenvalue weighted by atomic mass is 15.3. The molecule has 2 rings (SSSR count). The largest absolute Gasteiger partial charge is 0.311 e. The third-order valence-electron chi connectivity index (χ3n) is 5.02. The molecule has 3 unspecified atom stereocenters. The van der Waals surface area contributed by atoms with Crippen molar-refractivity contribution < 1.29 is 0 Å². The van der Waals surface area contributed by atoms with Gasteiger partial charge in [0, 0.05) is 38.3 Å². The molecule has 0 aliphatic carbocycles. The minimum absolute atomic E-state index is 0.622. The number of hydrogen-bond acceptors (Lipinski definition) is 3. The molecule has 3 atom stereocenters. The number of hydrogen-bond donors (Lipinski definition) is 1. The van der Waals surface area contributed by atoms with Gasteiger partial charge >= 0.3 is 0 Å². The molecule has 1 aromatic heterocycles. The first-order valence-corrected chi connectivity index (χ1v) is 8.59. The first-order chi connectivity index (χ1) is 10.1. The van der Waals surface area contributed by atoms with Gasteiger partial charge in [0.25, 0.3) is 0 Å². The molecule has 0 spiro atoms. The highest BCUT2D eigenvalue weighted by Gasteiger charge is 2.29. The van der Waals surface area contributed by atoms with E-state index in [1.807, 2.05) is 0 Å². The second-order valence-corrected chi connectivity index (χ2v) is 6.48. The van der Waals surface area contributed by atoms with Crippen molar-refractivity contribution in [2.45, 2.75) is 72.6 Å². The van der Waals surface area contributed by atoms with Crippen molar-refractivity contribution in [2.24, 2.45) is 5.92 Å². The molecule has 1 aliphatic heterocycles. The third kappa shape index (κ3) is 3.86. The molecule has 1 aromatic rings. The van der Waals surface area contributed by atoms with Crippen molar-refractivity contribution in [1.82, 2.24) is 20.0 Å². The molecule has 0 saturated carbocycles. The average Bonchev–Trinajstić information content (AvgIpc) is 2.86. The van der Waals surface area contributed by atoms with Crippen LogP contribution in [0.15, 0.2) is 6.07 Å². The minimum Gasteiger partial charge on any atom is -0.311 e. The predicted molar refractivity (Wildman–Crippen MR) is 88.4 cm³/mol. The Kier molecular flexibility index (Phi) is 5.82. The monoisotopic (exact) mass is 292 g/mol. The van der Waals surface area contributed by atoms with Crippen molar-refractivity contribution in [2.75, 3.05) is 13.1 Å². The van der Waals surface area contributed by atoms with E-state index in [-0.39, 0.29) is 0 Å². The summed E-state index contributed by atoms with van der Waals surface area (Å²) >= 11 is 0. The molecule has 1 saturated heterocycles. The molecular weight excluding hydrogens is 260 g/mol. The molecule has 0 aromatic carbocycles. The van der Waals surface area contributed by atoms with E-state index >= 15 is 0 Å². The molecule has 1 aliphatic rings. The van der Waals surface area contributed by atoms with Crippen LogP contribution in [-0.4, -0.2) is 39.9 Å². The highest BCUT2D eigenvalue weighted by molar-refractivity contribution is 5.09. The normalized spacial score (nSPS) is 25.2. The second-order valence-electron chi connectivity index (χ2n) is 6.48. The first kappa shape index (κ1) is 16.5. The van der Waals surface area contributed by atoms with E-state index in [0.717, 1.165) is 37.8 Å². The standard InChI is InChI=1S/C17H32N4/c1-6-13(4)17-12-20(15(7-2)10-18-17)11-16-9-14(5)19-21(16)8-3/h9,13,15,17-18H,6-8,10-12H2,1-5H3. The zero-order valence-electron chi connectivity index (χ0n) is 14.4. The van der Waals surface area contributed by atoms with Gasteiger partial charge in [-0.2, -0.15) is 5.10 Å². The lowest BCUT2D eigenvalue weighted by atomic mass is 9.94. The Morgan fingerprint density at radius 1 is 1.38 bits per heavy atom. The quantitative estimate of drug-likeness (QED) is 0.875. The molecule has 1 N–H and O–H groups in total. The molecule has 120 valence electrons. The SMILES string of the molecule is CCC(C)C1CN(Cc2cc(C)nn2CC)C(CC)CN1.